The van der Waals surface area contributed by atoms with E-state index in [2.05, 4.69) is 25.9 Å². The van der Waals surface area contributed by atoms with Crippen LogP contribution in [-0.2, 0) is 11.2 Å². The Balaban J connectivity index is 1.29. The largest absolute Gasteiger partial charge is 0.341 e. The Kier molecular flexibility index (Phi) is 5.29. The van der Waals surface area contributed by atoms with Crippen molar-refractivity contribution in [1.29, 1.82) is 0 Å². The van der Waals surface area contributed by atoms with E-state index in [1.54, 1.807) is 12.3 Å². The quantitative estimate of drug-likeness (QED) is 0.586. The van der Waals surface area contributed by atoms with Gasteiger partial charge in [0.2, 0.25) is 5.91 Å². The van der Waals surface area contributed by atoms with E-state index in [4.69, 9.17) is 0 Å². The van der Waals surface area contributed by atoms with Gasteiger partial charge >= 0.3 is 0 Å². The number of hydrogen-bond acceptors (Lipinski definition) is 6. The number of fused-ring (bicyclic) bond motifs is 1. The van der Waals surface area contributed by atoms with Crippen LogP contribution in [0.1, 0.15) is 55.1 Å². The molecule has 162 valence electrons. The van der Waals surface area contributed by atoms with Crippen LogP contribution < -0.4 is 16.4 Å². The third-order valence-corrected chi connectivity index (χ3v) is 6.35. The Bertz CT molecular complexity index is 1140. The van der Waals surface area contributed by atoms with Crippen molar-refractivity contribution in [3.05, 3.63) is 64.0 Å². The molecule has 0 bridgehead atoms. The zero-order valence-electron chi connectivity index (χ0n) is 17.5. The van der Waals surface area contributed by atoms with Crippen molar-refractivity contribution in [3.8, 4) is 0 Å². The van der Waals surface area contributed by atoms with Gasteiger partial charge in [-0.15, -0.1) is 0 Å². The molecule has 2 fully saturated rings. The normalized spacial score (nSPS) is 24.0. The summed E-state index contributed by atoms with van der Waals surface area (Å²) in [4.78, 5) is 36.2. The number of H-pyrrole nitrogens is 1. The summed E-state index contributed by atoms with van der Waals surface area (Å²) >= 11 is 0. The monoisotopic (exact) mass is 421 g/mol. The van der Waals surface area contributed by atoms with Crippen molar-refractivity contribution in [2.24, 2.45) is 0 Å². The van der Waals surface area contributed by atoms with Crippen LogP contribution in [0.25, 0.3) is 5.65 Å². The third kappa shape index (κ3) is 3.86. The number of aryl methyl sites for hydroxylation is 1. The Hall–Kier alpha value is -3.04. The van der Waals surface area contributed by atoms with Crippen LogP contribution in [0, 0.1) is 0 Å². The lowest BCUT2D eigenvalue weighted by Gasteiger charge is -2.33. The molecule has 5 rings (SSSR count). The molecule has 3 aromatic rings. The first kappa shape index (κ1) is 19.9. The second kappa shape index (κ2) is 8.24. The lowest BCUT2D eigenvalue weighted by Crippen LogP contribution is -2.48. The Labute approximate surface area is 179 Å². The van der Waals surface area contributed by atoms with Crippen LogP contribution >= 0.6 is 0 Å². The number of carbonyl (C=O) groups excluding carboxylic acids is 1. The van der Waals surface area contributed by atoms with Crippen molar-refractivity contribution < 1.29 is 4.79 Å². The SMILES string of the molecule is CCc1cc(=O)n2[nH]c(C3CCCN(C(=O)C4CC(c5cccnc5)NN4)C3)cc2n1. The number of aromatic amines is 1. The molecule has 3 aromatic heterocycles. The van der Waals surface area contributed by atoms with Crippen LogP contribution in [0.15, 0.2) is 41.5 Å². The van der Waals surface area contributed by atoms with Gasteiger partial charge in [-0.2, -0.15) is 0 Å². The first-order valence-corrected chi connectivity index (χ1v) is 10.9. The summed E-state index contributed by atoms with van der Waals surface area (Å²) in [5.41, 5.74) is 9.77. The minimum Gasteiger partial charge on any atom is -0.341 e. The van der Waals surface area contributed by atoms with Gasteiger partial charge in [0.05, 0.1) is 0 Å². The van der Waals surface area contributed by atoms with Gasteiger partial charge in [0, 0.05) is 61.0 Å². The van der Waals surface area contributed by atoms with Crippen molar-refractivity contribution in [2.45, 2.75) is 50.6 Å². The lowest BCUT2D eigenvalue weighted by molar-refractivity contribution is -0.134. The highest BCUT2D eigenvalue weighted by Gasteiger charge is 2.35. The number of pyridine rings is 1. The molecule has 9 heteroatoms. The zero-order chi connectivity index (χ0) is 21.4. The highest BCUT2D eigenvalue weighted by molar-refractivity contribution is 5.82. The molecular formula is C22H27N7O2. The molecule has 2 saturated heterocycles. The van der Waals surface area contributed by atoms with E-state index in [0.717, 1.165) is 42.8 Å². The summed E-state index contributed by atoms with van der Waals surface area (Å²) in [5, 5.41) is 3.21. The first-order chi connectivity index (χ1) is 15.1. The lowest BCUT2D eigenvalue weighted by atomic mass is 9.94. The van der Waals surface area contributed by atoms with Crippen molar-refractivity contribution >= 4 is 11.6 Å². The van der Waals surface area contributed by atoms with Gasteiger partial charge in [0.1, 0.15) is 6.04 Å². The topological polar surface area (TPSA) is 107 Å². The minimum atomic E-state index is -0.261. The second-order valence-corrected chi connectivity index (χ2v) is 8.38. The number of amides is 1. The number of piperidine rings is 1. The van der Waals surface area contributed by atoms with Crippen molar-refractivity contribution in [2.75, 3.05) is 13.1 Å². The highest BCUT2D eigenvalue weighted by Crippen LogP contribution is 2.28. The van der Waals surface area contributed by atoms with Crippen LogP contribution in [0.5, 0.6) is 0 Å². The third-order valence-electron chi connectivity index (χ3n) is 6.35. The van der Waals surface area contributed by atoms with E-state index in [1.807, 2.05) is 36.2 Å². The number of nitrogens with zero attached hydrogens (tertiary/aromatic N) is 4. The van der Waals surface area contributed by atoms with E-state index in [-0.39, 0.29) is 29.5 Å². The van der Waals surface area contributed by atoms with E-state index < -0.39 is 0 Å². The molecule has 31 heavy (non-hydrogen) atoms. The predicted molar refractivity (Wildman–Crippen MR) is 115 cm³/mol. The number of aromatic nitrogens is 4. The van der Waals surface area contributed by atoms with Crippen molar-refractivity contribution in [3.63, 3.8) is 0 Å². The fraction of sp³-hybridized carbons (Fsp3) is 0.455. The van der Waals surface area contributed by atoms with Crippen molar-refractivity contribution in [1.82, 2.24) is 35.3 Å². The molecular weight excluding hydrogens is 394 g/mol. The standard InChI is InChI=1S/C22H27N7O2/c1-2-16-9-21(30)29-20(24-16)11-18(27-29)15-6-4-8-28(13-15)22(31)19-10-17(25-26-19)14-5-3-7-23-12-14/h3,5,7,9,11-12,15,17,19,25-27H,2,4,6,8,10,13H2,1H3. The summed E-state index contributed by atoms with van der Waals surface area (Å²) in [5.74, 6) is 0.274. The number of carbonyl (C=O) groups is 1. The van der Waals surface area contributed by atoms with Gasteiger partial charge in [0.25, 0.3) is 5.56 Å². The number of nitrogens with one attached hydrogen (secondary N) is 3. The molecule has 2 aliphatic heterocycles. The molecule has 2 aliphatic rings. The van der Waals surface area contributed by atoms with Crippen LogP contribution in [0.2, 0.25) is 0 Å². The molecule has 3 unspecified atom stereocenters. The number of hydrogen-bond donors (Lipinski definition) is 3. The van der Waals surface area contributed by atoms with E-state index in [0.29, 0.717) is 18.6 Å². The summed E-state index contributed by atoms with van der Waals surface area (Å²) < 4.78 is 1.50. The van der Waals surface area contributed by atoms with Gasteiger partial charge in [-0.05, 0) is 37.3 Å². The highest BCUT2D eigenvalue weighted by atomic mass is 16.2. The fourth-order valence-corrected chi connectivity index (χ4v) is 4.62. The molecule has 0 radical (unpaired) electrons. The first-order valence-electron chi connectivity index (χ1n) is 10.9. The second-order valence-electron chi connectivity index (χ2n) is 8.38. The van der Waals surface area contributed by atoms with E-state index >= 15 is 0 Å². The van der Waals surface area contributed by atoms with Gasteiger partial charge in [-0.3, -0.25) is 19.7 Å². The Morgan fingerprint density at radius 2 is 2.19 bits per heavy atom. The van der Waals surface area contributed by atoms with Gasteiger partial charge in [-0.25, -0.2) is 20.4 Å². The van der Waals surface area contributed by atoms with Crippen LogP contribution in [0.3, 0.4) is 0 Å². The molecule has 1 amide bonds. The number of rotatable bonds is 4. The van der Waals surface area contributed by atoms with Gasteiger partial charge < -0.3 is 4.90 Å². The molecule has 3 atom stereocenters. The summed E-state index contributed by atoms with van der Waals surface area (Å²) in [6, 6.07) is 7.26. The smallest absolute Gasteiger partial charge is 0.272 e. The maximum atomic E-state index is 13.2. The minimum absolute atomic E-state index is 0.0719. The number of hydrazine groups is 1. The molecule has 0 aliphatic carbocycles. The molecule has 0 aromatic carbocycles. The predicted octanol–water partition coefficient (Wildman–Crippen LogP) is 1.29. The zero-order valence-corrected chi connectivity index (χ0v) is 17.5. The van der Waals surface area contributed by atoms with E-state index in [9.17, 15) is 9.59 Å². The maximum absolute atomic E-state index is 13.2. The molecule has 0 saturated carbocycles. The number of likely N-dealkylation sites (tertiary alicyclic amines) is 1. The molecule has 9 nitrogen and oxygen atoms in total. The summed E-state index contributed by atoms with van der Waals surface area (Å²) in [6.45, 7) is 3.38. The molecule has 0 spiro atoms. The molecule has 5 heterocycles. The Morgan fingerprint density at radius 3 is 3.00 bits per heavy atom. The van der Waals surface area contributed by atoms with Gasteiger partial charge in [0.15, 0.2) is 5.65 Å². The average Bonchev–Trinajstić information content (AvgIpc) is 3.47. The average molecular weight is 422 g/mol. The van der Waals surface area contributed by atoms with Gasteiger partial charge in [-0.1, -0.05) is 13.0 Å². The summed E-state index contributed by atoms with van der Waals surface area (Å²) in [6.07, 6.45) is 6.90. The van der Waals surface area contributed by atoms with Crippen LogP contribution in [0.4, 0.5) is 0 Å². The summed E-state index contributed by atoms with van der Waals surface area (Å²) in [7, 11) is 0. The Morgan fingerprint density at radius 1 is 1.29 bits per heavy atom. The molecule has 3 N–H and O–H groups in total. The fourth-order valence-electron chi connectivity index (χ4n) is 4.62. The van der Waals surface area contributed by atoms with Crippen LogP contribution in [-0.4, -0.2) is 49.5 Å². The maximum Gasteiger partial charge on any atom is 0.272 e. The van der Waals surface area contributed by atoms with E-state index in [1.165, 1.54) is 4.52 Å².